The van der Waals surface area contributed by atoms with Crippen molar-refractivity contribution < 1.29 is 23.1 Å². The number of rotatable bonds is 2. The van der Waals surface area contributed by atoms with Gasteiger partial charge in [0.25, 0.3) is 0 Å². The van der Waals surface area contributed by atoms with E-state index in [9.17, 15) is 18.0 Å². The van der Waals surface area contributed by atoms with Gasteiger partial charge in [0, 0.05) is 5.41 Å². The molecule has 2 unspecified atom stereocenters. The van der Waals surface area contributed by atoms with Gasteiger partial charge >= 0.3 is 12.1 Å². The molecule has 0 saturated heterocycles. The van der Waals surface area contributed by atoms with Crippen LogP contribution >= 0.6 is 11.6 Å². The van der Waals surface area contributed by atoms with Gasteiger partial charge in [-0.05, 0) is 0 Å². The monoisotopic (exact) mass is 230 g/mol. The second-order valence-electron chi connectivity index (χ2n) is 4.15. The van der Waals surface area contributed by atoms with Crippen molar-refractivity contribution in [3.63, 3.8) is 0 Å². The van der Waals surface area contributed by atoms with E-state index in [0.29, 0.717) is 0 Å². The molecule has 0 heterocycles. The molecule has 2 nitrogen and oxygen atoms in total. The van der Waals surface area contributed by atoms with Crippen LogP contribution in [0.4, 0.5) is 13.2 Å². The number of carboxylic acid groups (broad SMARTS) is 1. The Balaban J connectivity index is 2.84. The number of hydrogen-bond acceptors (Lipinski definition) is 1. The van der Waals surface area contributed by atoms with Crippen LogP contribution in [0.1, 0.15) is 20.3 Å². The first kappa shape index (κ1) is 11.6. The Morgan fingerprint density at radius 3 is 2.14 bits per heavy atom. The van der Waals surface area contributed by atoms with Crippen LogP contribution < -0.4 is 0 Å². The molecule has 1 fully saturated rings. The first-order valence-electron chi connectivity index (χ1n) is 4.01. The lowest BCUT2D eigenvalue weighted by Crippen LogP contribution is -2.22. The van der Waals surface area contributed by atoms with Crippen molar-refractivity contribution in [2.45, 2.75) is 31.3 Å². The third-order valence-corrected chi connectivity index (χ3v) is 3.71. The van der Waals surface area contributed by atoms with Crippen molar-refractivity contribution in [3.05, 3.63) is 0 Å². The minimum absolute atomic E-state index is 1.00. The van der Waals surface area contributed by atoms with Gasteiger partial charge in [-0.1, -0.05) is 13.8 Å². The zero-order valence-corrected chi connectivity index (χ0v) is 8.41. The molecular formula is C8H10ClF3O2. The lowest BCUT2D eigenvalue weighted by molar-refractivity contribution is -0.142. The van der Waals surface area contributed by atoms with Gasteiger partial charge < -0.3 is 5.11 Å². The molecule has 1 N–H and O–H groups in total. The maximum atomic E-state index is 12.1. The van der Waals surface area contributed by atoms with Gasteiger partial charge in [-0.2, -0.15) is 13.2 Å². The van der Waals surface area contributed by atoms with Crippen molar-refractivity contribution in [2.75, 3.05) is 0 Å². The van der Waals surface area contributed by atoms with E-state index in [0.717, 1.165) is 0 Å². The van der Waals surface area contributed by atoms with E-state index in [4.69, 9.17) is 16.7 Å². The van der Waals surface area contributed by atoms with E-state index in [2.05, 4.69) is 0 Å². The Hall–Kier alpha value is -0.450. The SMILES string of the molecule is CC1(C)C(C(=O)O)C1(Cl)CC(F)(F)F. The Morgan fingerprint density at radius 2 is 1.93 bits per heavy atom. The minimum Gasteiger partial charge on any atom is -0.481 e. The van der Waals surface area contributed by atoms with Gasteiger partial charge in [-0.15, -0.1) is 11.6 Å². The van der Waals surface area contributed by atoms with Crippen molar-refractivity contribution in [2.24, 2.45) is 11.3 Å². The zero-order chi connectivity index (χ0) is 11.4. The first-order valence-corrected chi connectivity index (χ1v) is 4.38. The summed E-state index contributed by atoms with van der Waals surface area (Å²) in [4.78, 5) is 8.94. The van der Waals surface area contributed by atoms with E-state index < -0.39 is 34.8 Å². The lowest BCUT2D eigenvalue weighted by Gasteiger charge is -2.13. The van der Waals surface area contributed by atoms with Crippen molar-refractivity contribution >= 4 is 17.6 Å². The number of carbonyl (C=O) groups is 1. The molecule has 0 bridgehead atoms. The lowest BCUT2D eigenvalue weighted by atomic mass is 10.1. The van der Waals surface area contributed by atoms with Crippen LogP contribution in [0, 0.1) is 11.3 Å². The van der Waals surface area contributed by atoms with Crippen molar-refractivity contribution in [1.82, 2.24) is 0 Å². The van der Waals surface area contributed by atoms with Crippen molar-refractivity contribution in [1.29, 1.82) is 0 Å². The smallest absolute Gasteiger partial charge is 0.390 e. The molecule has 0 amide bonds. The normalized spacial score (nSPS) is 35.4. The average molecular weight is 231 g/mol. The molecule has 82 valence electrons. The molecule has 0 radical (unpaired) electrons. The Kier molecular flexibility index (Phi) is 2.31. The van der Waals surface area contributed by atoms with E-state index in [1.54, 1.807) is 0 Å². The number of halogens is 4. The summed E-state index contributed by atoms with van der Waals surface area (Å²) in [5.41, 5.74) is -1.00. The predicted molar refractivity (Wildman–Crippen MR) is 44.2 cm³/mol. The highest BCUT2D eigenvalue weighted by Crippen LogP contribution is 2.69. The topological polar surface area (TPSA) is 37.3 Å². The Labute approximate surface area is 84.0 Å². The summed E-state index contributed by atoms with van der Waals surface area (Å²) in [5.74, 6) is -2.40. The fourth-order valence-corrected chi connectivity index (χ4v) is 2.50. The molecule has 2 atom stereocenters. The molecule has 0 spiro atoms. The van der Waals surface area contributed by atoms with E-state index in [-0.39, 0.29) is 0 Å². The molecule has 0 aromatic carbocycles. The highest BCUT2D eigenvalue weighted by molar-refractivity contribution is 6.29. The standard InChI is InChI=1S/C8H10ClF3O2/c1-6(2)4(5(13)14)7(6,9)3-8(10,11)12/h4H,3H2,1-2H3,(H,13,14). The van der Waals surface area contributed by atoms with Gasteiger partial charge in [-0.3, -0.25) is 4.79 Å². The van der Waals surface area contributed by atoms with E-state index >= 15 is 0 Å². The zero-order valence-electron chi connectivity index (χ0n) is 7.65. The second kappa shape index (κ2) is 2.78. The van der Waals surface area contributed by atoms with Crippen LogP contribution in [0.5, 0.6) is 0 Å². The van der Waals surface area contributed by atoms with Gasteiger partial charge in [0.05, 0.1) is 17.2 Å². The van der Waals surface area contributed by atoms with Crippen LogP contribution in [0.2, 0.25) is 0 Å². The Morgan fingerprint density at radius 1 is 1.50 bits per heavy atom. The maximum Gasteiger partial charge on any atom is 0.390 e. The van der Waals surface area contributed by atoms with Crippen LogP contribution in [-0.4, -0.2) is 22.1 Å². The second-order valence-corrected chi connectivity index (χ2v) is 4.82. The summed E-state index contributed by atoms with van der Waals surface area (Å²) < 4.78 is 36.3. The average Bonchev–Trinajstić information content (AvgIpc) is 2.18. The molecule has 1 saturated carbocycles. The molecule has 0 aliphatic heterocycles. The van der Waals surface area contributed by atoms with Crippen LogP contribution in [0.15, 0.2) is 0 Å². The first-order chi connectivity index (χ1) is 6.02. The Bertz CT molecular complexity index is 274. The quantitative estimate of drug-likeness (QED) is 0.741. The summed E-state index contributed by atoms with van der Waals surface area (Å²) in [6.45, 7) is 2.87. The molecule has 14 heavy (non-hydrogen) atoms. The van der Waals surface area contributed by atoms with Gasteiger partial charge in [0.15, 0.2) is 0 Å². The third-order valence-electron chi connectivity index (χ3n) is 2.87. The summed E-state index contributed by atoms with van der Waals surface area (Å²) in [5, 5.41) is 8.67. The van der Waals surface area contributed by atoms with Crippen LogP contribution in [0.3, 0.4) is 0 Å². The number of alkyl halides is 4. The number of carboxylic acids is 1. The summed E-state index contributed by atoms with van der Waals surface area (Å²) in [6, 6.07) is 0. The summed E-state index contributed by atoms with van der Waals surface area (Å²) >= 11 is 5.68. The fraction of sp³-hybridized carbons (Fsp3) is 0.875. The molecule has 1 rings (SSSR count). The highest BCUT2D eigenvalue weighted by Gasteiger charge is 2.76. The number of aliphatic carboxylic acids is 1. The minimum atomic E-state index is -4.43. The molecule has 0 aromatic heterocycles. The highest BCUT2D eigenvalue weighted by atomic mass is 35.5. The van der Waals surface area contributed by atoms with Gasteiger partial charge in [0.1, 0.15) is 0 Å². The predicted octanol–water partition coefficient (Wildman–Crippen LogP) is 2.66. The van der Waals surface area contributed by atoms with Crippen LogP contribution in [0.25, 0.3) is 0 Å². The van der Waals surface area contributed by atoms with Gasteiger partial charge in [-0.25, -0.2) is 0 Å². The van der Waals surface area contributed by atoms with Crippen molar-refractivity contribution in [3.8, 4) is 0 Å². The number of hydrogen-bond donors (Lipinski definition) is 1. The molecular weight excluding hydrogens is 221 g/mol. The largest absolute Gasteiger partial charge is 0.481 e. The molecule has 1 aliphatic carbocycles. The molecule has 1 aliphatic rings. The van der Waals surface area contributed by atoms with E-state index in [1.807, 2.05) is 0 Å². The van der Waals surface area contributed by atoms with Gasteiger partial charge in [0.2, 0.25) is 0 Å². The van der Waals surface area contributed by atoms with Crippen LogP contribution in [-0.2, 0) is 4.79 Å². The third kappa shape index (κ3) is 1.58. The molecule has 6 heteroatoms. The molecule has 0 aromatic rings. The summed E-state index contributed by atoms with van der Waals surface area (Å²) in [6.07, 6.45) is -5.69. The fourth-order valence-electron chi connectivity index (χ4n) is 1.93. The van der Waals surface area contributed by atoms with E-state index in [1.165, 1.54) is 13.8 Å². The summed E-state index contributed by atoms with van der Waals surface area (Å²) in [7, 11) is 0. The maximum absolute atomic E-state index is 12.1.